The molecule has 0 bridgehead atoms. The SMILES string of the molecule is CCCCC1CCCP1C. The minimum atomic E-state index is 0.460. The molecule has 1 rings (SSSR count). The lowest BCUT2D eigenvalue weighted by molar-refractivity contribution is 0.657. The van der Waals surface area contributed by atoms with Crippen molar-refractivity contribution in [1.29, 1.82) is 0 Å². The Morgan fingerprint density at radius 3 is 2.80 bits per heavy atom. The minimum Gasteiger partial charge on any atom is -0.107 e. The summed E-state index contributed by atoms with van der Waals surface area (Å²) in [7, 11) is 0.460. The van der Waals surface area contributed by atoms with Crippen LogP contribution in [0, 0.1) is 0 Å². The zero-order valence-corrected chi connectivity index (χ0v) is 8.16. The van der Waals surface area contributed by atoms with Gasteiger partial charge in [0.1, 0.15) is 0 Å². The maximum atomic E-state index is 2.49. The summed E-state index contributed by atoms with van der Waals surface area (Å²) in [5, 5.41) is 0. The summed E-state index contributed by atoms with van der Waals surface area (Å²) < 4.78 is 0. The van der Waals surface area contributed by atoms with E-state index < -0.39 is 0 Å². The lowest BCUT2D eigenvalue weighted by Gasteiger charge is -2.14. The van der Waals surface area contributed by atoms with E-state index in [1.807, 2.05) is 0 Å². The molecule has 0 aromatic heterocycles. The van der Waals surface area contributed by atoms with Gasteiger partial charge in [0.05, 0.1) is 0 Å². The molecule has 1 aliphatic heterocycles. The molecule has 0 spiro atoms. The van der Waals surface area contributed by atoms with E-state index in [0.29, 0.717) is 7.92 Å². The predicted molar refractivity (Wildman–Crippen MR) is 50.3 cm³/mol. The standard InChI is InChI=1S/C9H19P/c1-3-4-6-9-7-5-8-10(9)2/h9H,3-8H2,1-2H3. The van der Waals surface area contributed by atoms with Crippen molar-refractivity contribution in [2.24, 2.45) is 0 Å². The first kappa shape index (κ1) is 8.53. The summed E-state index contributed by atoms with van der Waals surface area (Å²) in [5.41, 5.74) is 1.15. The van der Waals surface area contributed by atoms with Gasteiger partial charge in [0.2, 0.25) is 0 Å². The fourth-order valence-electron chi connectivity index (χ4n) is 1.78. The van der Waals surface area contributed by atoms with Crippen LogP contribution in [0.15, 0.2) is 0 Å². The highest BCUT2D eigenvalue weighted by molar-refractivity contribution is 7.57. The molecule has 0 aromatic carbocycles. The molecule has 60 valence electrons. The largest absolute Gasteiger partial charge is 0.107 e. The van der Waals surface area contributed by atoms with Gasteiger partial charge in [-0.2, -0.15) is 0 Å². The van der Waals surface area contributed by atoms with Gasteiger partial charge in [-0.3, -0.25) is 0 Å². The van der Waals surface area contributed by atoms with Gasteiger partial charge in [0, 0.05) is 0 Å². The molecule has 0 saturated carbocycles. The highest BCUT2D eigenvalue weighted by Gasteiger charge is 2.21. The second kappa shape index (κ2) is 4.34. The molecule has 0 aromatic rings. The molecule has 0 amide bonds. The fourth-order valence-corrected chi connectivity index (χ4v) is 4.08. The van der Waals surface area contributed by atoms with E-state index in [2.05, 4.69) is 13.6 Å². The Labute approximate surface area is 66.2 Å². The van der Waals surface area contributed by atoms with Crippen LogP contribution in [-0.2, 0) is 0 Å². The predicted octanol–water partition coefficient (Wildman–Crippen LogP) is 3.45. The Morgan fingerprint density at radius 1 is 1.50 bits per heavy atom. The quantitative estimate of drug-likeness (QED) is 0.552. The minimum absolute atomic E-state index is 0.460. The van der Waals surface area contributed by atoms with Crippen molar-refractivity contribution in [3.05, 3.63) is 0 Å². The summed E-state index contributed by atoms with van der Waals surface area (Å²) in [6.07, 6.45) is 9.01. The van der Waals surface area contributed by atoms with Crippen molar-refractivity contribution in [1.82, 2.24) is 0 Å². The van der Waals surface area contributed by atoms with Crippen LogP contribution in [0.4, 0.5) is 0 Å². The van der Waals surface area contributed by atoms with Gasteiger partial charge in [0.25, 0.3) is 0 Å². The normalized spacial score (nSPS) is 33.0. The first-order chi connectivity index (χ1) is 4.84. The van der Waals surface area contributed by atoms with E-state index in [9.17, 15) is 0 Å². The van der Waals surface area contributed by atoms with E-state index in [1.54, 1.807) is 12.6 Å². The molecule has 2 unspecified atom stereocenters. The molecule has 0 N–H and O–H groups in total. The Balaban J connectivity index is 2.14. The molecular formula is C9H19P. The molecule has 2 atom stereocenters. The number of unbranched alkanes of at least 4 members (excludes halogenated alkanes) is 1. The van der Waals surface area contributed by atoms with Crippen molar-refractivity contribution in [3.8, 4) is 0 Å². The second-order valence-electron chi connectivity index (χ2n) is 3.42. The fraction of sp³-hybridized carbons (Fsp3) is 1.00. The number of rotatable bonds is 3. The summed E-state index contributed by atoms with van der Waals surface area (Å²) in [4.78, 5) is 0. The van der Waals surface area contributed by atoms with Crippen LogP contribution >= 0.6 is 7.92 Å². The Kier molecular flexibility index (Phi) is 3.70. The summed E-state index contributed by atoms with van der Waals surface area (Å²) in [6.45, 7) is 4.79. The van der Waals surface area contributed by atoms with Crippen molar-refractivity contribution in [2.45, 2.75) is 44.7 Å². The average Bonchev–Trinajstić information content (AvgIpc) is 2.31. The number of hydrogen-bond donors (Lipinski definition) is 0. The van der Waals surface area contributed by atoms with Gasteiger partial charge in [0.15, 0.2) is 0 Å². The molecule has 1 heteroatoms. The zero-order valence-electron chi connectivity index (χ0n) is 7.27. The highest BCUT2D eigenvalue weighted by atomic mass is 31.1. The lowest BCUT2D eigenvalue weighted by atomic mass is 10.1. The third-order valence-corrected chi connectivity index (χ3v) is 5.35. The third kappa shape index (κ3) is 2.23. The van der Waals surface area contributed by atoms with Crippen molar-refractivity contribution >= 4 is 7.92 Å². The van der Waals surface area contributed by atoms with E-state index >= 15 is 0 Å². The Hall–Kier alpha value is 0.430. The first-order valence-electron chi connectivity index (χ1n) is 4.55. The molecule has 1 saturated heterocycles. The molecule has 0 nitrogen and oxygen atoms in total. The molecule has 10 heavy (non-hydrogen) atoms. The lowest BCUT2D eigenvalue weighted by Crippen LogP contribution is -1.97. The van der Waals surface area contributed by atoms with Crippen LogP contribution in [0.5, 0.6) is 0 Å². The van der Waals surface area contributed by atoms with Crippen LogP contribution in [0.1, 0.15) is 39.0 Å². The van der Waals surface area contributed by atoms with Crippen LogP contribution in [0.2, 0.25) is 0 Å². The van der Waals surface area contributed by atoms with Gasteiger partial charge in [-0.1, -0.05) is 19.8 Å². The molecule has 0 radical (unpaired) electrons. The molecule has 1 heterocycles. The summed E-state index contributed by atoms with van der Waals surface area (Å²) in [5.74, 6) is 0. The molecule has 1 fully saturated rings. The molecular weight excluding hydrogens is 139 g/mol. The van der Waals surface area contributed by atoms with Crippen LogP contribution in [0.3, 0.4) is 0 Å². The van der Waals surface area contributed by atoms with Gasteiger partial charge in [-0.05, 0) is 37.7 Å². The van der Waals surface area contributed by atoms with Crippen LogP contribution in [0.25, 0.3) is 0 Å². The molecule has 1 aliphatic rings. The second-order valence-corrected chi connectivity index (χ2v) is 6.11. The number of hydrogen-bond acceptors (Lipinski definition) is 0. The average molecular weight is 158 g/mol. The monoisotopic (exact) mass is 158 g/mol. The maximum Gasteiger partial charge on any atom is -0.0212 e. The van der Waals surface area contributed by atoms with Crippen LogP contribution in [-0.4, -0.2) is 18.5 Å². The highest BCUT2D eigenvalue weighted by Crippen LogP contribution is 2.48. The smallest absolute Gasteiger partial charge is 0.0212 e. The topological polar surface area (TPSA) is 0 Å². The molecule has 0 aliphatic carbocycles. The van der Waals surface area contributed by atoms with Crippen molar-refractivity contribution in [3.63, 3.8) is 0 Å². The van der Waals surface area contributed by atoms with Crippen LogP contribution < -0.4 is 0 Å². The van der Waals surface area contributed by atoms with Crippen molar-refractivity contribution < 1.29 is 0 Å². The van der Waals surface area contributed by atoms with E-state index in [4.69, 9.17) is 0 Å². The zero-order chi connectivity index (χ0) is 7.40. The van der Waals surface area contributed by atoms with Gasteiger partial charge in [-0.15, -0.1) is 7.92 Å². The van der Waals surface area contributed by atoms with E-state index in [0.717, 1.165) is 5.66 Å². The summed E-state index contributed by atoms with van der Waals surface area (Å²) in [6, 6.07) is 0. The summed E-state index contributed by atoms with van der Waals surface area (Å²) >= 11 is 0. The first-order valence-corrected chi connectivity index (χ1v) is 6.59. The van der Waals surface area contributed by atoms with Gasteiger partial charge < -0.3 is 0 Å². The van der Waals surface area contributed by atoms with E-state index in [1.165, 1.54) is 25.7 Å². The maximum absolute atomic E-state index is 2.49. The van der Waals surface area contributed by atoms with Crippen molar-refractivity contribution in [2.75, 3.05) is 12.8 Å². The Morgan fingerprint density at radius 2 is 2.30 bits per heavy atom. The van der Waals surface area contributed by atoms with E-state index in [-0.39, 0.29) is 0 Å². The van der Waals surface area contributed by atoms with Gasteiger partial charge >= 0.3 is 0 Å². The third-order valence-electron chi connectivity index (χ3n) is 2.56. The Bertz CT molecular complexity index is 90.7. The van der Waals surface area contributed by atoms with Gasteiger partial charge in [-0.25, -0.2) is 0 Å².